The number of hydrogen-bond donors (Lipinski definition) is 2. The fourth-order valence-electron chi connectivity index (χ4n) is 3.73. The largest absolute Gasteiger partial charge is 0.444 e. The van der Waals surface area contributed by atoms with Crippen LogP contribution in [0.1, 0.15) is 34.0 Å². The third kappa shape index (κ3) is 4.64. The molecule has 0 atom stereocenters. The van der Waals surface area contributed by atoms with Crippen molar-refractivity contribution in [3.05, 3.63) is 82.6 Å². The van der Waals surface area contributed by atoms with Crippen molar-refractivity contribution in [1.29, 1.82) is 0 Å². The van der Waals surface area contributed by atoms with Gasteiger partial charge in [-0.2, -0.15) is 0 Å². The zero-order valence-electron chi connectivity index (χ0n) is 17.9. The zero-order valence-corrected chi connectivity index (χ0v) is 17.9. The molecule has 1 aliphatic heterocycles. The molecular formula is C24H29N5O. The molecule has 4 rings (SSSR count). The molecule has 0 unspecified atom stereocenters. The molecule has 3 aromatic rings. The van der Waals surface area contributed by atoms with Crippen molar-refractivity contribution in [2.24, 2.45) is 4.99 Å². The Morgan fingerprint density at radius 3 is 2.50 bits per heavy atom. The third-order valence-electron chi connectivity index (χ3n) is 5.54. The topological polar surface area (TPSA) is 65.7 Å². The SMILES string of the molecule is CN=C(NCc1ccc(CN2CCc3ccccc32)cc1)NCc1nc(C)c(C)o1. The fourth-order valence-corrected chi connectivity index (χ4v) is 3.73. The highest BCUT2D eigenvalue weighted by atomic mass is 16.4. The van der Waals surface area contributed by atoms with Gasteiger partial charge in [0, 0.05) is 32.4 Å². The van der Waals surface area contributed by atoms with Gasteiger partial charge in [0.2, 0.25) is 5.89 Å². The summed E-state index contributed by atoms with van der Waals surface area (Å²) < 4.78 is 5.60. The van der Waals surface area contributed by atoms with E-state index < -0.39 is 0 Å². The lowest BCUT2D eigenvalue weighted by atomic mass is 10.1. The van der Waals surface area contributed by atoms with Crippen molar-refractivity contribution < 1.29 is 4.42 Å². The second kappa shape index (κ2) is 9.03. The number of benzene rings is 2. The lowest BCUT2D eigenvalue weighted by molar-refractivity contribution is 0.463. The van der Waals surface area contributed by atoms with Crippen molar-refractivity contribution in [3.8, 4) is 0 Å². The number of anilines is 1. The Kier molecular flexibility index (Phi) is 6.02. The molecule has 1 aliphatic rings. The highest BCUT2D eigenvalue weighted by Gasteiger charge is 2.18. The number of aliphatic imine (C=N–C) groups is 1. The number of rotatable bonds is 6. The Bertz CT molecular complexity index is 1000. The molecule has 2 heterocycles. The van der Waals surface area contributed by atoms with Gasteiger partial charge in [0.1, 0.15) is 5.76 Å². The Hall–Kier alpha value is -3.28. The van der Waals surface area contributed by atoms with Gasteiger partial charge in [-0.1, -0.05) is 42.5 Å². The smallest absolute Gasteiger partial charge is 0.214 e. The number of nitrogens with zero attached hydrogens (tertiary/aromatic N) is 3. The lowest BCUT2D eigenvalue weighted by Crippen LogP contribution is -2.36. The van der Waals surface area contributed by atoms with Crippen LogP contribution in [0, 0.1) is 13.8 Å². The summed E-state index contributed by atoms with van der Waals surface area (Å²) in [6.45, 7) is 7.12. The van der Waals surface area contributed by atoms with E-state index in [1.165, 1.54) is 22.4 Å². The van der Waals surface area contributed by atoms with E-state index in [-0.39, 0.29) is 0 Å². The number of oxazole rings is 1. The van der Waals surface area contributed by atoms with Gasteiger partial charge in [0.15, 0.2) is 5.96 Å². The molecule has 0 saturated carbocycles. The van der Waals surface area contributed by atoms with Crippen LogP contribution in [-0.2, 0) is 26.1 Å². The molecule has 2 N–H and O–H groups in total. The summed E-state index contributed by atoms with van der Waals surface area (Å²) in [6.07, 6.45) is 1.14. The standard InChI is InChI=1S/C24H29N5O/c1-17-18(2)30-23(28-17)15-27-24(25-3)26-14-19-8-10-20(11-9-19)16-29-13-12-21-6-4-5-7-22(21)29/h4-11H,12-16H2,1-3H3,(H2,25,26,27). The molecule has 0 saturated heterocycles. The summed E-state index contributed by atoms with van der Waals surface area (Å²) in [5, 5.41) is 6.58. The predicted octanol–water partition coefficient (Wildman–Crippen LogP) is 3.72. The second-order valence-corrected chi connectivity index (χ2v) is 7.65. The van der Waals surface area contributed by atoms with Gasteiger partial charge in [-0.3, -0.25) is 4.99 Å². The molecule has 0 amide bonds. The minimum Gasteiger partial charge on any atom is -0.444 e. The van der Waals surface area contributed by atoms with Crippen molar-refractivity contribution in [2.45, 2.75) is 39.9 Å². The maximum Gasteiger partial charge on any atom is 0.214 e. The molecule has 0 spiro atoms. The van der Waals surface area contributed by atoms with Crippen LogP contribution in [0.25, 0.3) is 0 Å². The number of para-hydroxylation sites is 1. The Morgan fingerprint density at radius 1 is 1.03 bits per heavy atom. The number of aromatic nitrogens is 1. The van der Waals surface area contributed by atoms with E-state index >= 15 is 0 Å². The number of guanidine groups is 1. The molecule has 30 heavy (non-hydrogen) atoms. The van der Waals surface area contributed by atoms with Gasteiger partial charge < -0.3 is 20.0 Å². The molecule has 0 aliphatic carbocycles. The van der Waals surface area contributed by atoms with E-state index in [1.807, 2.05) is 13.8 Å². The van der Waals surface area contributed by atoms with Crippen LogP contribution in [0.15, 0.2) is 57.9 Å². The normalized spacial score (nSPS) is 13.4. The van der Waals surface area contributed by atoms with E-state index in [0.29, 0.717) is 19.0 Å². The zero-order chi connectivity index (χ0) is 20.9. The van der Waals surface area contributed by atoms with Gasteiger partial charge in [-0.15, -0.1) is 0 Å². The first-order valence-corrected chi connectivity index (χ1v) is 10.4. The van der Waals surface area contributed by atoms with Crippen molar-refractivity contribution in [2.75, 3.05) is 18.5 Å². The van der Waals surface area contributed by atoms with Gasteiger partial charge in [-0.25, -0.2) is 4.98 Å². The first-order chi connectivity index (χ1) is 14.6. The van der Waals surface area contributed by atoms with Gasteiger partial charge in [0.25, 0.3) is 0 Å². The predicted molar refractivity (Wildman–Crippen MR) is 121 cm³/mol. The Labute approximate surface area is 178 Å². The average molecular weight is 404 g/mol. The number of hydrogen-bond acceptors (Lipinski definition) is 4. The summed E-state index contributed by atoms with van der Waals surface area (Å²) in [5.74, 6) is 2.24. The second-order valence-electron chi connectivity index (χ2n) is 7.65. The molecule has 2 aromatic carbocycles. The van der Waals surface area contributed by atoms with Crippen LogP contribution in [0.3, 0.4) is 0 Å². The number of nitrogens with one attached hydrogen (secondary N) is 2. The Balaban J connectivity index is 1.28. The summed E-state index contributed by atoms with van der Waals surface area (Å²) in [4.78, 5) is 11.1. The minimum absolute atomic E-state index is 0.505. The highest BCUT2D eigenvalue weighted by molar-refractivity contribution is 5.79. The van der Waals surface area contributed by atoms with Crippen LogP contribution >= 0.6 is 0 Å². The van der Waals surface area contributed by atoms with Crippen LogP contribution in [0.4, 0.5) is 5.69 Å². The quantitative estimate of drug-likeness (QED) is 0.485. The fraction of sp³-hybridized carbons (Fsp3) is 0.333. The van der Waals surface area contributed by atoms with E-state index in [1.54, 1.807) is 7.05 Å². The van der Waals surface area contributed by atoms with Crippen molar-refractivity contribution >= 4 is 11.6 Å². The maximum atomic E-state index is 5.60. The van der Waals surface area contributed by atoms with Crippen LogP contribution in [-0.4, -0.2) is 24.5 Å². The van der Waals surface area contributed by atoms with E-state index in [2.05, 4.69) is 74.0 Å². The van der Waals surface area contributed by atoms with E-state index in [4.69, 9.17) is 4.42 Å². The molecule has 1 aromatic heterocycles. The molecule has 0 fully saturated rings. The molecule has 0 bridgehead atoms. The van der Waals surface area contributed by atoms with Crippen LogP contribution < -0.4 is 15.5 Å². The summed E-state index contributed by atoms with van der Waals surface area (Å²) in [7, 11) is 1.76. The molecule has 6 nitrogen and oxygen atoms in total. The third-order valence-corrected chi connectivity index (χ3v) is 5.54. The monoisotopic (exact) mass is 403 g/mol. The Morgan fingerprint density at radius 2 is 1.77 bits per heavy atom. The molecule has 6 heteroatoms. The molecular weight excluding hydrogens is 374 g/mol. The van der Waals surface area contributed by atoms with Crippen molar-refractivity contribution in [1.82, 2.24) is 15.6 Å². The first-order valence-electron chi connectivity index (χ1n) is 10.4. The molecule has 0 radical (unpaired) electrons. The van der Waals surface area contributed by atoms with Crippen molar-refractivity contribution in [3.63, 3.8) is 0 Å². The summed E-state index contributed by atoms with van der Waals surface area (Å²) in [5.41, 5.74) is 6.29. The van der Waals surface area contributed by atoms with Crippen LogP contribution in [0.2, 0.25) is 0 Å². The van der Waals surface area contributed by atoms with Gasteiger partial charge in [0.05, 0.1) is 12.2 Å². The summed E-state index contributed by atoms with van der Waals surface area (Å²) >= 11 is 0. The maximum absolute atomic E-state index is 5.60. The average Bonchev–Trinajstić information content (AvgIpc) is 3.32. The summed E-state index contributed by atoms with van der Waals surface area (Å²) in [6, 6.07) is 17.5. The lowest BCUT2D eigenvalue weighted by Gasteiger charge is -2.19. The van der Waals surface area contributed by atoms with E-state index in [0.717, 1.165) is 36.9 Å². The highest BCUT2D eigenvalue weighted by Crippen LogP contribution is 2.28. The van der Waals surface area contributed by atoms with Gasteiger partial charge >= 0.3 is 0 Å². The number of aryl methyl sites for hydroxylation is 2. The number of fused-ring (bicyclic) bond motifs is 1. The molecule has 156 valence electrons. The first kappa shape index (κ1) is 20.0. The van der Waals surface area contributed by atoms with Gasteiger partial charge in [-0.05, 0) is 43.0 Å². The van der Waals surface area contributed by atoms with Crippen LogP contribution in [0.5, 0.6) is 0 Å². The van der Waals surface area contributed by atoms with E-state index in [9.17, 15) is 0 Å². The minimum atomic E-state index is 0.505.